The smallest absolute Gasteiger partial charge is 0.358 e. The Bertz CT molecular complexity index is 692. The van der Waals surface area contributed by atoms with Crippen LogP contribution in [-0.4, -0.2) is 26.1 Å². The Morgan fingerprint density at radius 2 is 2.09 bits per heavy atom. The summed E-state index contributed by atoms with van der Waals surface area (Å²) < 4.78 is 7.47. The van der Waals surface area contributed by atoms with E-state index in [1.54, 1.807) is 4.68 Å². The highest BCUT2D eigenvalue weighted by atomic mass is 16.5. The summed E-state index contributed by atoms with van der Waals surface area (Å²) in [6, 6.07) is 5.81. The first-order chi connectivity index (χ1) is 10.9. The topological polar surface area (TPSA) is 77.2 Å². The molecular formula is C17H23N3O3. The van der Waals surface area contributed by atoms with Gasteiger partial charge in [-0.2, -0.15) is 0 Å². The molecule has 1 heterocycles. The van der Waals surface area contributed by atoms with Crippen molar-refractivity contribution in [2.24, 2.45) is 5.92 Å². The molecule has 0 radical (unpaired) electrons. The minimum absolute atomic E-state index is 0.0425. The third-order valence-electron chi connectivity index (χ3n) is 3.88. The van der Waals surface area contributed by atoms with Crippen LogP contribution in [-0.2, 0) is 13.2 Å². The molecular weight excluding hydrogens is 294 g/mol. The summed E-state index contributed by atoms with van der Waals surface area (Å²) in [6.45, 7) is 8.99. The van der Waals surface area contributed by atoms with Crippen LogP contribution < -0.4 is 4.74 Å². The maximum Gasteiger partial charge on any atom is 0.358 e. The maximum absolute atomic E-state index is 11.3. The minimum Gasteiger partial charge on any atom is -0.487 e. The number of aromatic nitrogens is 3. The predicted molar refractivity (Wildman–Crippen MR) is 86.7 cm³/mol. The molecule has 2 aromatic rings. The number of aryl methyl sites for hydroxylation is 2. The van der Waals surface area contributed by atoms with Gasteiger partial charge >= 0.3 is 5.97 Å². The molecule has 0 saturated heterocycles. The van der Waals surface area contributed by atoms with Gasteiger partial charge in [0.05, 0.1) is 0 Å². The van der Waals surface area contributed by atoms with E-state index in [9.17, 15) is 9.90 Å². The van der Waals surface area contributed by atoms with Crippen molar-refractivity contribution in [1.82, 2.24) is 15.0 Å². The van der Waals surface area contributed by atoms with Gasteiger partial charge < -0.3 is 9.84 Å². The van der Waals surface area contributed by atoms with Gasteiger partial charge in [0.25, 0.3) is 0 Å². The Morgan fingerprint density at radius 3 is 2.74 bits per heavy atom. The Balaban J connectivity index is 2.21. The van der Waals surface area contributed by atoms with Crippen molar-refractivity contribution in [3.8, 4) is 5.75 Å². The van der Waals surface area contributed by atoms with E-state index in [4.69, 9.17) is 4.74 Å². The van der Waals surface area contributed by atoms with E-state index >= 15 is 0 Å². The highest BCUT2D eigenvalue weighted by molar-refractivity contribution is 5.86. The SMILES string of the molecule is Cc1cccc(OCc2c(C(=O)O)nnn2CCC(C)C)c1C. The standard InChI is InChI=1S/C17H23N3O3/c1-11(2)8-9-20-14(16(17(21)22)18-19-20)10-23-15-7-5-6-12(3)13(15)4/h5-7,11H,8-10H2,1-4H3,(H,21,22). The molecule has 124 valence electrons. The number of rotatable bonds is 7. The first kappa shape index (κ1) is 17.0. The van der Waals surface area contributed by atoms with Gasteiger partial charge in [-0.1, -0.05) is 31.2 Å². The molecule has 0 unspecified atom stereocenters. The number of hydrogen-bond donors (Lipinski definition) is 1. The van der Waals surface area contributed by atoms with Crippen molar-refractivity contribution in [3.63, 3.8) is 0 Å². The van der Waals surface area contributed by atoms with Gasteiger partial charge in [0.2, 0.25) is 0 Å². The van der Waals surface area contributed by atoms with Gasteiger partial charge in [0.15, 0.2) is 5.69 Å². The second-order valence-corrected chi connectivity index (χ2v) is 6.08. The van der Waals surface area contributed by atoms with Crippen molar-refractivity contribution in [2.45, 2.75) is 47.3 Å². The van der Waals surface area contributed by atoms with Gasteiger partial charge in [0, 0.05) is 6.54 Å². The van der Waals surface area contributed by atoms with Crippen molar-refractivity contribution in [1.29, 1.82) is 0 Å². The summed E-state index contributed by atoms with van der Waals surface area (Å²) in [5.41, 5.74) is 2.64. The number of nitrogens with zero attached hydrogens (tertiary/aromatic N) is 3. The normalized spacial score (nSPS) is 11.0. The average Bonchev–Trinajstić information content (AvgIpc) is 2.90. The number of ether oxygens (including phenoxy) is 1. The highest BCUT2D eigenvalue weighted by Gasteiger charge is 2.20. The molecule has 1 aromatic heterocycles. The monoisotopic (exact) mass is 317 g/mol. The number of carboxylic acid groups (broad SMARTS) is 1. The zero-order chi connectivity index (χ0) is 17.0. The van der Waals surface area contributed by atoms with Crippen molar-refractivity contribution in [3.05, 3.63) is 40.7 Å². The number of carbonyl (C=O) groups is 1. The van der Waals surface area contributed by atoms with E-state index in [1.807, 2.05) is 32.0 Å². The molecule has 0 aliphatic rings. The fourth-order valence-corrected chi connectivity index (χ4v) is 2.23. The van der Waals surface area contributed by atoms with Gasteiger partial charge in [-0.05, 0) is 43.4 Å². The lowest BCUT2D eigenvalue weighted by Crippen LogP contribution is -2.13. The third kappa shape index (κ3) is 4.09. The van der Waals surface area contributed by atoms with Crippen LogP contribution in [0.1, 0.15) is 47.6 Å². The number of hydrogen-bond acceptors (Lipinski definition) is 4. The molecule has 0 atom stereocenters. The van der Waals surface area contributed by atoms with E-state index < -0.39 is 5.97 Å². The molecule has 6 heteroatoms. The van der Waals surface area contributed by atoms with Gasteiger partial charge in [-0.25, -0.2) is 9.48 Å². The van der Waals surface area contributed by atoms with Crippen LogP contribution >= 0.6 is 0 Å². The lowest BCUT2D eigenvalue weighted by molar-refractivity contribution is 0.0687. The summed E-state index contributed by atoms with van der Waals surface area (Å²) in [4.78, 5) is 11.3. The van der Waals surface area contributed by atoms with Crippen LogP contribution in [0.2, 0.25) is 0 Å². The Labute approximate surface area is 136 Å². The van der Waals surface area contributed by atoms with Crippen LogP contribution in [0, 0.1) is 19.8 Å². The summed E-state index contributed by atoms with van der Waals surface area (Å²) in [5, 5.41) is 17.0. The van der Waals surface area contributed by atoms with E-state index in [0.29, 0.717) is 18.2 Å². The fourth-order valence-electron chi connectivity index (χ4n) is 2.23. The van der Waals surface area contributed by atoms with Crippen LogP contribution in [0.5, 0.6) is 5.75 Å². The lowest BCUT2D eigenvalue weighted by atomic mass is 10.1. The number of carboxylic acids is 1. The van der Waals surface area contributed by atoms with E-state index in [2.05, 4.69) is 24.2 Å². The molecule has 1 N–H and O–H groups in total. The summed E-state index contributed by atoms with van der Waals surface area (Å²) in [7, 11) is 0. The number of aromatic carboxylic acids is 1. The zero-order valence-corrected chi connectivity index (χ0v) is 14.0. The maximum atomic E-state index is 11.3. The van der Waals surface area contributed by atoms with Crippen LogP contribution in [0.15, 0.2) is 18.2 Å². The van der Waals surface area contributed by atoms with Gasteiger partial charge in [-0.15, -0.1) is 5.10 Å². The van der Waals surface area contributed by atoms with Crippen LogP contribution in [0.4, 0.5) is 0 Å². The van der Waals surface area contributed by atoms with Gasteiger partial charge in [0.1, 0.15) is 18.1 Å². The van der Waals surface area contributed by atoms with Crippen molar-refractivity contribution < 1.29 is 14.6 Å². The predicted octanol–water partition coefficient (Wildman–Crippen LogP) is 3.22. The molecule has 0 bridgehead atoms. The highest BCUT2D eigenvalue weighted by Crippen LogP contribution is 2.22. The average molecular weight is 317 g/mol. The van der Waals surface area contributed by atoms with Gasteiger partial charge in [-0.3, -0.25) is 0 Å². The fraction of sp³-hybridized carbons (Fsp3) is 0.471. The molecule has 6 nitrogen and oxygen atoms in total. The first-order valence-electron chi connectivity index (χ1n) is 7.74. The summed E-state index contributed by atoms with van der Waals surface area (Å²) in [5.74, 6) is 0.165. The molecule has 0 aliphatic heterocycles. The Hall–Kier alpha value is -2.37. The number of benzene rings is 1. The molecule has 0 fully saturated rings. The first-order valence-corrected chi connectivity index (χ1v) is 7.74. The molecule has 0 saturated carbocycles. The molecule has 23 heavy (non-hydrogen) atoms. The largest absolute Gasteiger partial charge is 0.487 e. The van der Waals surface area contributed by atoms with E-state index in [-0.39, 0.29) is 12.3 Å². The van der Waals surface area contributed by atoms with Crippen LogP contribution in [0.25, 0.3) is 0 Å². The lowest BCUT2D eigenvalue weighted by Gasteiger charge is -2.12. The molecule has 2 rings (SSSR count). The second-order valence-electron chi connectivity index (χ2n) is 6.08. The van der Waals surface area contributed by atoms with E-state index in [1.165, 1.54) is 0 Å². The molecule has 0 amide bonds. The quantitative estimate of drug-likeness (QED) is 0.848. The molecule has 0 spiro atoms. The third-order valence-corrected chi connectivity index (χ3v) is 3.88. The zero-order valence-electron chi connectivity index (χ0n) is 14.0. The Morgan fingerprint density at radius 1 is 1.35 bits per heavy atom. The second kappa shape index (κ2) is 7.26. The molecule has 1 aromatic carbocycles. The summed E-state index contributed by atoms with van der Waals surface area (Å²) >= 11 is 0. The van der Waals surface area contributed by atoms with E-state index in [0.717, 1.165) is 23.3 Å². The van der Waals surface area contributed by atoms with Crippen molar-refractivity contribution in [2.75, 3.05) is 0 Å². The molecule has 0 aliphatic carbocycles. The Kier molecular flexibility index (Phi) is 5.36. The van der Waals surface area contributed by atoms with Crippen LogP contribution in [0.3, 0.4) is 0 Å². The minimum atomic E-state index is -1.08. The van der Waals surface area contributed by atoms with Crippen molar-refractivity contribution >= 4 is 5.97 Å². The summed E-state index contributed by atoms with van der Waals surface area (Å²) in [6.07, 6.45) is 0.902.